The highest BCUT2D eigenvalue weighted by Gasteiger charge is 2.66. The van der Waals surface area contributed by atoms with E-state index in [9.17, 15) is 10.2 Å². The largest absolute Gasteiger partial charge is 0.388 e. The number of aliphatic hydroxyl groups is 2. The Morgan fingerprint density at radius 3 is 2.81 bits per heavy atom. The molecule has 142 valence electrons. The average Bonchev–Trinajstić information content (AvgIpc) is 3.14. The molecule has 1 saturated heterocycles. The number of allylic oxidation sites excluding steroid dienone is 3. The molecule has 5 rings (SSSR count). The first-order valence-electron chi connectivity index (χ1n) is 10.3. The molecule has 5 aliphatic rings. The van der Waals surface area contributed by atoms with Gasteiger partial charge in [0.2, 0.25) is 0 Å². The van der Waals surface area contributed by atoms with Gasteiger partial charge in [-0.2, -0.15) is 0 Å². The van der Waals surface area contributed by atoms with Crippen molar-refractivity contribution >= 4 is 0 Å². The normalized spacial score (nSPS) is 51.8. The van der Waals surface area contributed by atoms with Crippen molar-refractivity contribution < 1.29 is 14.9 Å². The minimum atomic E-state index is -0.848. The molecule has 0 aromatic rings. The number of ether oxygens (including phenoxy) is 1. The van der Waals surface area contributed by atoms with Crippen LogP contribution in [-0.2, 0) is 4.74 Å². The molecule has 4 heteroatoms. The molecule has 0 aromatic carbocycles. The van der Waals surface area contributed by atoms with Gasteiger partial charge in [0.1, 0.15) is 6.10 Å². The van der Waals surface area contributed by atoms with Gasteiger partial charge in [0.25, 0.3) is 0 Å². The van der Waals surface area contributed by atoms with E-state index >= 15 is 0 Å². The molecule has 0 aromatic heterocycles. The van der Waals surface area contributed by atoms with E-state index < -0.39 is 17.8 Å². The van der Waals surface area contributed by atoms with Crippen LogP contribution in [0.4, 0.5) is 0 Å². The van der Waals surface area contributed by atoms with Gasteiger partial charge in [0.15, 0.2) is 0 Å². The summed E-state index contributed by atoms with van der Waals surface area (Å²) in [6.45, 7) is 4.69. The maximum atomic E-state index is 10.8. The first-order chi connectivity index (χ1) is 12.4. The molecule has 26 heavy (non-hydrogen) atoms. The topological polar surface area (TPSA) is 61.7 Å². The summed E-state index contributed by atoms with van der Waals surface area (Å²) in [5.74, 6) is 0.485. The van der Waals surface area contributed by atoms with Gasteiger partial charge in [0.05, 0.1) is 17.3 Å². The zero-order chi connectivity index (χ0) is 18.3. The molecule has 2 heterocycles. The van der Waals surface area contributed by atoms with Crippen LogP contribution in [0.2, 0.25) is 0 Å². The van der Waals surface area contributed by atoms with Gasteiger partial charge in [-0.15, -0.1) is 0 Å². The quantitative estimate of drug-likeness (QED) is 0.665. The SMILES string of the molecule is CCC1=CCC2C1(C)CC=C1C=C3C(O)C(O)C(NC)CC34CCC12O4. The highest BCUT2D eigenvalue weighted by Crippen LogP contribution is 2.66. The molecule has 3 N–H and O–H groups in total. The van der Waals surface area contributed by atoms with Gasteiger partial charge >= 0.3 is 0 Å². The Morgan fingerprint density at radius 1 is 1.27 bits per heavy atom. The molecular formula is C22H31NO3. The smallest absolute Gasteiger partial charge is 0.105 e. The molecule has 1 saturated carbocycles. The van der Waals surface area contributed by atoms with Crippen LogP contribution in [0.3, 0.4) is 0 Å². The van der Waals surface area contributed by atoms with E-state index in [4.69, 9.17) is 4.74 Å². The van der Waals surface area contributed by atoms with Crippen LogP contribution in [0.5, 0.6) is 0 Å². The van der Waals surface area contributed by atoms with E-state index in [0.717, 1.165) is 44.1 Å². The van der Waals surface area contributed by atoms with Gasteiger partial charge in [-0.05, 0) is 62.1 Å². The van der Waals surface area contributed by atoms with Gasteiger partial charge in [0, 0.05) is 12.0 Å². The van der Waals surface area contributed by atoms with Gasteiger partial charge in [-0.25, -0.2) is 0 Å². The zero-order valence-corrected chi connectivity index (χ0v) is 16.1. The van der Waals surface area contributed by atoms with Crippen molar-refractivity contribution in [1.29, 1.82) is 0 Å². The summed E-state index contributed by atoms with van der Waals surface area (Å²) in [6, 6.07) is -0.134. The van der Waals surface area contributed by atoms with E-state index in [1.807, 2.05) is 7.05 Å². The van der Waals surface area contributed by atoms with E-state index in [1.165, 1.54) is 5.57 Å². The fraction of sp³-hybridized carbons (Fsp3) is 0.727. The molecule has 0 amide bonds. The molecule has 2 spiro atoms. The van der Waals surface area contributed by atoms with Crippen molar-refractivity contribution in [1.82, 2.24) is 5.32 Å². The standard InChI is InChI=1S/C22H31NO3/c1-4-13-5-6-17-20(13,2)8-7-14-11-15-18(24)19(25)16(23-3)12-21(15)9-10-22(14,17)26-21/h5,7,11,16-19,23-25H,4,6,8-10,12H2,1-3H3. The Labute approximate surface area is 156 Å². The van der Waals surface area contributed by atoms with E-state index in [1.54, 1.807) is 5.57 Å². The Morgan fingerprint density at radius 2 is 2.08 bits per heavy atom. The van der Waals surface area contributed by atoms with Crippen LogP contribution in [0, 0.1) is 11.3 Å². The summed E-state index contributed by atoms with van der Waals surface area (Å²) < 4.78 is 7.02. The van der Waals surface area contributed by atoms with Crippen molar-refractivity contribution in [3.05, 3.63) is 34.9 Å². The summed E-state index contributed by atoms with van der Waals surface area (Å²) in [4.78, 5) is 0. The van der Waals surface area contributed by atoms with Crippen LogP contribution >= 0.6 is 0 Å². The van der Waals surface area contributed by atoms with Crippen molar-refractivity contribution in [2.24, 2.45) is 11.3 Å². The second kappa shape index (κ2) is 5.32. The molecule has 2 aliphatic heterocycles. The van der Waals surface area contributed by atoms with E-state index in [-0.39, 0.29) is 17.1 Å². The van der Waals surface area contributed by atoms with Crippen LogP contribution in [0.15, 0.2) is 34.9 Å². The maximum Gasteiger partial charge on any atom is 0.105 e. The monoisotopic (exact) mass is 357 g/mol. The van der Waals surface area contributed by atoms with Crippen molar-refractivity contribution in [3.8, 4) is 0 Å². The lowest BCUT2D eigenvalue weighted by Crippen LogP contribution is -2.61. The van der Waals surface area contributed by atoms with Crippen LogP contribution in [0.25, 0.3) is 0 Å². The molecule has 3 aliphatic carbocycles. The molecule has 4 nitrogen and oxygen atoms in total. The van der Waals surface area contributed by atoms with Crippen molar-refractivity contribution in [3.63, 3.8) is 0 Å². The van der Waals surface area contributed by atoms with Gasteiger partial charge in [-0.1, -0.05) is 37.6 Å². The summed E-state index contributed by atoms with van der Waals surface area (Å²) in [5.41, 5.74) is 3.30. The minimum Gasteiger partial charge on any atom is -0.388 e. The van der Waals surface area contributed by atoms with Crippen LogP contribution in [-0.4, -0.2) is 46.7 Å². The van der Waals surface area contributed by atoms with Gasteiger partial charge < -0.3 is 20.3 Å². The lowest BCUT2D eigenvalue weighted by molar-refractivity contribution is -0.155. The second-order valence-electron chi connectivity index (χ2n) is 9.27. The summed E-state index contributed by atoms with van der Waals surface area (Å²) in [7, 11) is 1.86. The number of rotatable bonds is 2. The average molecular weight is 357 g/mol. The Hall–Kier alpha value is -0.940. The first-order valence-corrected chi connectivity index (χ1v) is 10.3. The maximum absolute atomic E-state index is 10.8. The second-order valence-corrected chi connectivity index (χ2v) is 9.27. The highest BCUT2D eigenvalue weighted by molar-refractivity contribution is 5.50. The number of hydrogen-bond acceptors (Lipinski definition) is 4. The van der Waals surface area contributed by atoms with Gasteiger partial charge in [-0.3, -0.25) is 0 Å². The number of hydrogen-bond donors (Lipinski definition) is 3. The molecule has 0 radical (unpaired) electrons. The third-order valence-electron chi connectivity index (χ3n) is 8.37. The zero-order valence-electron chi connectivity index (χ0n) is 16.1. The Bertz CT molecular complexity index is 740. The molecule has 2 fully saturated rings. The summed E-state index contributed by atoms with van der Waals surface area (Å²) in [6.07, 6.45) is 11.3. The van der Waals surface area contributed by atoms with Crippen LogP contribution in [0.1, 0.15) is 52.4 Å². The molecule has 7 atom stereocenters. The van der Waals surface area contributed by atoms with E-state index in [0.29, 0.717) is 5.92 Å². The number of fused-ring (bicyclic) bond motifs is 1. The number of aliphatic hydroxyl groups excluding tert-OH is 2. The Balaban J connectivity index is 1.62. The predicted octanol–water partition coefficient (Wildman–Crippen LogP) is 2.62. The lowest BCUT2D eigenvalue weighted by atomic mass is 9.58. The third kappa shape index (κ3) is 1.84. The minimum absolute atomic E-state index is 0.134. The van der Waals surface area contributed by atoms with Crippen molar-refractivity contribution in [2.75, 3.05) is 7.05 Å². The number of nitrogens with one attached hydrogen (secondary N) is 1. The fourth-order valence-corrected chi connectivity index (χ4v) is 6.94. The first kappa shape index (κ1) is 17.2. The highest BCUT2D eigenvalue weighted by atomic mass is 16.5. The fourth-order valence-electron chi connectivity index (χ4n) is 6.94. The predicted molar refractivity (Wildman–Crippen MR) is 101 cm³/mol. The number of likely N-dealkylation sites (N-methyl/N-ethyl adjacent to an activating group) is 1. The van der Waals surface area contributed by atoms with Crippen molar-refractivity contribution in [2.45, 2.75) is 81.8 Å². The molecule has 7 unspecified atom stereocenters. The van der Waals surface area contributed by atoms with E-state index in [2.05, 4.69) is 37.4 Å². The lowest BCUT2D eigenvalue weighted by Gasteiger charge is -2.55. The summed E-state index contributed by atoms with van der Waals surface area (Å²) >= 11 is 0. The Kier molecular flexibility index (Phi) is 3.51. The van der Waals surface area contributed by atoms with Crippen LogP contribution < -0.4 is 5.32 Å². The molecule has 2 bridgehead atoms. The summed E-state index contributed by atoms with van der Waals surface area (Å²) in [5, 5.41) is 24.5. The molecular weight excluding hydrogens is 326 g/mol. The third-order valence-corrected chi connectivity index (χ3v) is 8.37.